The van der Waals surface area contributed by atoms with Gasteiger partial charge in [-0.15, -0.1) is 0 Å². The lowest BCUT2D eigenvalue weighted by atomic mass is 9.87. The lowest BCUT2D eigenvalue weighted by molar-refractivity contribution is -0.123. The maximum atomic E-state index is 12.0. The summed E-state index contributed by atoms with van der Waals surface area (Å²) in [6.07, 6.45) is 1.72. The molecule has 0 radical (unpaired) electrons. The second-order valence-corrected chi connectivity index (χ2v) is 7.56. The van der Waals surface area contributed by atoms with Crippen molar-refractivity contribution in [1.29, 1.82) is 0 Å². The molecule has 0 heterocycles. The molecule has 27 heavy (non-hydrogen) atoms. The van der Waals surface area contributed by atoms with E-state index in [2.05, 4.69) is 32.2 Å². The van der Waals surface area contributed by atoms with Crippen LogP contribution in [0.2, 0.25) is 0 Å². The van der Waals surface area contributed by atoms with Crippen molar-refractivity contribution in [3.63, 3.8) is 0 Å². The molecule has 0 unspecified atom stereocenters. The number of carbonyl (C=O) groups is 1. The zero-order chi connectivity index (χ0) is 19.7. The highest BCUT2D eigenvalue weighted by Gasteiger charge is 2.13. The first-order valence-electron chi connectivity index (χ1n) is 9.61. The minimum Gasteiger partial charge on any atom is -0.494 e. The third kappa shape index (κ3) is 6.97. The Hall–Kier alpha value is -2.49. The minimum atomic E-state index is -0.104. The topological polar surface area (TPSA) is 47.6 Å². The molecule has 1 N–H and O–H groups in total. The Kier molecular flexibility index (Phi) is 7.71. The number of benzene rings is 2. The smallest absolute Gasteiger partial charge is 0.257 e. The largest absolute Gasteiger partial charge is 0.494 e. The van der Waals surface area contributed by atoms with Crippen LogP contribution in [0.4, 0.5) is 0 Å². The van der Waals surface area contributed by atoms with E-state index in [0.29, 0.717) is 18.9 Å². The fourth-order valence-corrected chi connectivity index (χ4v) is 2.76. The van der Waals surface area contributed by atoms with Gasteiger partial charge >= 0.3 is 0 Å². The molecule has 0 fully saturated rings. The molecule has 146 valence electrons. The van der Waals surface area contributed by atoms with E-state index in [4.69, 9.17) is 9.47 Å². The van der Waals surface area contributed by atoms with Crippen molar-refractivity contribution in [3.05, 3.63) is 59.7 Å². The van der Waals surface area contributed by atoms with Gasteiger partial charge in [0, 0.05) is 6.54 Å². The number of amides is 1. The lowest BCUT2D eigenvalue weighted by Crippen LogP contribution is -2.29. The van der Waals surface area contributed by atoms with Crippen LogP contribution in [0, 0.1) is 0 Å². The summed E-state index contributed by atoms with van der Waals surface area (Å²) in [5, 5.41) is 2.91. The molecule has 2 aromatic rings. The Bertz CT molecular complexity index is 717. The first-order chi connectivity index (χ1) is 12.9. The molecule has 0 aromatic heterocycles. The van der Waals surface area contributed by atoms with Crippen LogP contribution in [0.5, 0.6) is 11.5 Å². The average molecular weight is 370 g/mol. The van der Waals surface area contributed by atoms with E-state index < -0.39 is 0 Å². The first-order valence-corrected chi connectivity index (χ1v) is 9.61. The van der Waals surface area contributed by atoms with Gasteiger partial charge in [0.1, 0.15) is 11.5 Å². The van der Waals surface area contributed by atoms with Gasteiger partial charge in [-0.3, -0.25) is 4.79 Å². The maximum Gasteiger partial charge on any atom is 0.257 e. The van der Waals surface area contributed by atoms with Crippen molar-refractivity contribution >= 4 is 5.91 Å². The molecule has 2 rings (SSSR count). The molecule has 0 aliphatic carbocycles. The Labute approximate surface area is 162 Å². The molecule has 4 nitrogen and oxygen atoms in total. The Morgan fingerprint density at radius 2 is 1.70 bits per heavy atom. The third-order valence-corrected chi connectivity index (χ3v) is 4.31. The van der Waals surface area contributed by atoms with Gasteiger partial charge in [0.25, 0.3) is 5.91 Å². The summed E-state index contributed by atoms with van der Waals surface area (Å²) in [6, 6.07) is 16.0. The van der Waals surface area contributed by atoms with Crippen molar-refractivity contribution in [2.45, 2.75) is 46.0 Å². The van der Waals surface area contributed by atoms with Gasteiger partial charge in [-0.25, -0.2) is 0 Å². The van der Waals surface area contributed by atoms with Gasteiger partial charge in [0.2, 0.25) is 0 Å². The number of aryl methyl sites for hydroxylation is 1. The quantitative estimate of drug-likeness (QED) is 0.662. The van der Waals surface area contributed by atoms with Crippen molar-refractivity contribution in [3.8, 4) is 11.5 Å². The highest BCUT2D eigenvalue weighted by atomic mass is 16.5. The lowest BCUT2D eigenvalue weighted by Gasteiger charge is -2.19. The molecule has 1 amide bonds. The van der Waals surface area contributed by atoms with E-state index in [-0.39, 0.29) is 17.9 Å². The molecule has 0 aliphatic rings. The summed E-state index contributed by atoms with van der Waals surface area (Å²) < 4.78 is 11.2. The minimum absolute atomic E-state index is 0.0321. The Morgan fingerprint density at radius 1 is 1.00 bits per heavy atom. The summed E-state index contributed by atoms with van der Waals surface area (Å²) in [6.45, 7) is 9.79. The molecular weight excluding hydrogens is 338 g/mol. The van der Waals surface area contributed by atoms with Crippen molar-refractivity contribution in [1.82, 2.24) is 5.32 Å². The van der Waals surface area contributed by atoms with E-state index in [1.807, 2.05) is 49.4 Å². The monoisotopic (exact) mass is 369 g/mol. The molecule has 0 bridgehead atoms. The second kappa shape index (κ2) is 10.0. The second-order valence-electron chi connectivity index (χ2n) is 7.56. The number of ether oxygens (including phenoxy) is 2. The van der Waals surface area contributed by atoms with Crippen molar-refractivity contribution in [2.75, 3.05) is 19.8 Å². The highest BCUT2D eigenvalue weighted by Crippen LogP contribution is 2.24. The van der Waals surface area contributed by atoms with Crippen molar-refractivity contribution in [2.24, 2.45) is 0 Å². The summed E-state index contributed by atoms with van der Waals surface area (Å²) in [7, 11) is 0. The van der Waals surface area contributed by atoms with Gasteiger partial charge < -0.3 is 14.8 Å². The van der Waals surface area contributed by atoms with Gasteiger partial charge in [0.15, 0.2) is 6.61 Å². The molecule has 0 atom stereocenters. The Balaban J connectivity index is 1.69. The predicted molar refractivity (Wildman–Crippen MR) is 110 cm³/mol. The van der Waals surface area contributed by atoms with Crippen LogP contribution in [-0.2, 0) is 16.6 Å². The molecular formula is C23H31NO3. The first kappa shape index (κ1) is 20.8. The van der Waals surface area contributed by atoms with E-state index in [9.17, 15) is 4.79 Å². The zero-order valence-electron chi connectivity index (χ0n) is 16.9. The van der Waals surface area contributed by atoms with Gasteiger partial charge in [-0.2, -0.15) is 0 Å². The Morgan fingerprint density at radius 3 is 2.37 bits per heavy atom. The van der Waals surface area contributed by atoms with Gasteiger partial charge in [0.05, 0.1) is 6.61 Å². The number of carbonyl (C=O) groups excluding carboxylic acids is 1. The van der Waals surface area contributed by atoms with Gasteiger partial charge in [-0.05, 0) is 54.5 Å². The SMILES string of the molecule is CCOc1ccccc1CCCNC(=O)COc1ccc(C(C)(C)C)cc1. The standard InChI is InChI=1S/C23H31NO3/c1-5-26-21-11-7-6-9-18(21)10-8-16-24-22(25)17-27-20-14-12-19(13-15-20)23(2,3)4/h6-7,9,11-15H,5,8,10,16-17H2,1-4H3,(H,24,25). The van der Waals surface area contributed by atoms with E-state index >= 15 is 0 Å². The molecule has 0 spiro atoms. The van der Waals surface area contributed by atoms with Crippen LogP contribution in [0.1, 0.15) is 45.2 Å². The number of para-hydroxylation sites is 1. The predicted octanol–water partition coefficient (Wildman–Crippen LogP) is 4.51. The van der Waals surface area contributed by atoms with Crippen LogP contribution in [0.25, 0.3) is 0 Å². The summed E-state index contributed by atoms with van der Waals surface area (Å²) in [4.78, 5) is 12.0. The number of nitrogens with one attached hydrogen (secondary N) is 1. The van der Waals surface area contributed by atoms with Crippen LogP contribution < -0.4 is 14.8 Å². The normalized spacial score (nSPS) is 11.1. The average Bonchev–Trinajstić information content (AvgIpc) is 2.64. The zero-order valence-corrected chi connectivity index (χ0v) is 16.9. The maximum absolute atomic E-state index is 12.0. The van der Waals surface area contributed by atoms with Crippen LogP contribution in [-0.4, -0.2) is 25.7 Å². The van der Waals surface area contributed by atoms with Crippen LogP contribution in [0.3, 0.4) is 0 Å². The van der Waals surface area contributed by atoms with Crippen LogP contribution in [0.15, 0.2) is 48.5 Å². The molecule has 0 saturated heterocycles. The fourth-order valence-electron chi connectivity index (χ4n) is 2.76. The molecule has 2 aromatic carbocycles. The van der Waals surface area contributed by atoms with E-state index in [1.165, 1.54) is 11.1 Å². The molecule has 4 heteroatoms. The highest BCUT2D eigenvalue weighted by molar-refractivity contribution is 5.77. The molecule has 0 saturated carbocycles. The summed E-state index contributed by atoms with van der Waals surface area (Å²) in [5.74, 6) is 1.53. The van der Waals surface area contributed by atoms with Crippen molar-refractivity contribution < 1.29 is 14.3 Å². The van der Waals surface area contributed by atoms with Crippen LogP contribution >= 0.6 is 0 Å². The summed E-state index contributed by atoms with van der Waals surface area (Å²) >= 11 is 0. The number of hydrogen-bond acceptors (Lipinski definition) is 3. The fraction of sp³-hybridized carbons (Fsp3) is 0.435. The molecule has 0 aliphatic heterocycles. The van der Waals surface area contributed by atoms with Gasteiger partial charge in [-0.1, -0.05) is 51.1 Å². The number of rotatable bonds is 9. The third-order valence-electron chi connectivity index (χ3n) is 4.31. The summed E-state index contributed by atoms with van der Waals surface area (Å²) in [5.41, 5.74) is 2.52. The van der Waals surface area contributed by atoms with E-state index in [0.717, 1.165) is 18.6 Å². The number of hydrogen-bond donors (Lipinski definition) is 1. The van der Waals surface area contributed by atoms with E-state index in [1.54, 1.807) is 0 Å².